The van der Waals surface area contributed by atoms with Gasteiger partial charge in [-0.15, -0.1) is 23.2 Å². The highest BCUT2D eigenvalue weighted by atomic mass is 35.5. The van der Waals surface area contributed by atoms with Crippen LogP contribution in [-0.4, -0.2) is 65.8 Å². The second kappa shape index (κ2) is 7.59. The number of hydrogen-bond donors (Lipinski definition) is 1. The number of aliphatic hydroxyl groups is 1. The summed E-state index contributed by atoms with van der Waals surface area (Å²) in [5.74, 6) is -1.91. The van der Waals surface area contributed by atoms with Crippen LogP contribution in [0.25, 0.3) is 0 Å². The number of ether oxygens (including phenoxy) is 1. The van der Waals surface area contributed by atoms with Gasteiger partial charge in [0, 0.05) is 32.0 Å². The van der Waals surface area contributed by atoms with E-state index in [0.29, 0.717) is 16.9 Å². The molecule has 5 rings (SSSR count). The van der Waals surface area contributed by atoms with Gasteiger partial charge in [0.1, 0.15) is 12.4 Å². The largest absolute Gasteiger partial charge is 0.491 e. The van der Waals surface area contributed by atoms with Crippen LogP contribution in [0.5, 0.6) is 5.75 Å². The number of alkyl halides is 2. The van der Waals surface area contributed by atoms with Gasteiger partial charge in [0.05, 0.1) is 19.2 Å². The van der Waals surface area contributed by atoms with Crippen molar-refractivity contribution in [2.24, 2.45) is 7.05 Å². The van der Waals surface area contributed by atoms with Crippen molar-refractivity contribution in [2.45, 2.75) is 34.7 Å². The Morgan fingerprint density at radius 3 is 2.50 bits per heavy atom. The molecule has 0 radical (unpaired) electrons. The molecule has 0 unspecified atom stereocenters. The second-order valence-corrected chi connectivity index (χ2v) is 9.94. The average molecular weight is 509 g/mol. The fourth-order valence-electron chi connectivity index (χ4n) is 5.47. The molecule has 2 aliphatic heterocycles. The Bertz CT molecular complexity index is 1380. The molecule has 1 aromatic heterocycles. The Kier molecular flexibility index (Phi) is 5.12. The number of imide groups is 1. The average Bonchev–Trinajstić information content (AvgIpc) is 3.13. The first-order valence-corrected chi connectivity index (χ1v) is 11.5. The molecule has 10 nitrogen and oxygen atoms in total. The topological polar surface area (TPSA) is 116 Å². The van der Waals surface area contributed by atoms with E-state index in [1.54, 1.807) is 30.3 Å². The van der Waals surface area contributed by atoms with Crippen molar-refractivity contribution >= 4 is 35.0 Å². The summed E-state index contributed by atoms with van der Waals surface area (Å²) in [6.07, 6.45) is 1.61. The first-order valence-electron chi connectivity index (χ1n) is 10.7. The van der Waals surface area contributed by atoms with Crippen molar-refractivity contribution in [3.63, 3.8) is 0 Å². The van der Waals surface area contributed by atoms with Crippen LogP contribution < -0.4 is 16.1 Å². The minimum absolute atomic E-state index is 0.00201. The predicted molar refractivity (Wildman–Crippen MR) is 122 cm³/mol. The van der Waals surface area contributed by atoms with Crippen molar-refractivity contribution < 1.29 is 19.4 Å². The van der Waals surface area contributed by atoms with E-state index in [4.69, 9.17) is 27.9 Å². The first-order chi connectivity index (χ1) is 16.1. The monoisotopic (exact) mass is 508 g/mol. The fourth-order valence-corrected chi connectivity index (χ4v) is 6.46. The highest BCUT2D eigenvalue weighted by molar-refractivity contribution is 6.53. The molecule has 2 aromatic rings. The van der Waals surface area contributed by atoms with Crippen molar-refractivity contribution in [2.75, 3.05) is 20.3 Å². The van der Waals surface area contributed by atoms with Crippen molar-refractivity contribution in [3.8, 4) is 5.75 Å². The second-order valence-electron chi connectivity index (χ2n) is 8.70. The number of amides is 2. The van der Waals surface area contributed by atoms with Gasteiger partial charge in [0.2, 0.25) is 0 Å². The number of halogens is 2. The molecule has 3 aliphatic rings. The number of carbonyl (C=O) groups is 2. The van der Waals surface area contributed by atoms with Gasteiger partial charge >= 0.3 is 11.4 Å². The van der Waals surface area contributed by atoms with E-state index < -0.39 is 44.9 Å². The Morgan fingerprint density at radius 2 is 1.79 bits per heavy atom. The summed E-state index contributed by atoms with van der Waals surface area (Å²) < 4.78 is 9.30. The molecule has 3 heterocycles. The number of nitrogens with zero attached hydrogens (tertiary/aromatic N) is 4. The quantitative estimate of drug-likeness (QED) is 0.361. The molecular weight excluding hydrogens is 487 g/mol. The van der Waals surface area contributed by atoms with Crippen molar-refractivity contribution in [3.05, 3.63) is 62.4 Å². The highest BCUT2D eigenvalue weighted by Gasteiger charge is 2.75. The third kappa shape index (κ3) is 2.67. The first kappa shape index (κ1) is 22.9. The third-order valence-electron chi connectivity index (χ3n) is 7.05. The molecule has 4 atom stereocenters. The SMILES string of the molecule is CN1C(=O)[C@]2(Cl)C[C@@H]3C(=CCn4c(=O)n(C)c(=O)n43)[C@H](c3ccccc3OCCO)[C@]2(Cl)C1=O. The lowest BCUT2D eigenvalue weighted by molar-refractivity contribution is -0.137. The third-order valence-corrected chi connectivity index (χ3v) is 8.46. The smallest absolute Gasteiger partial charge is 0.347 e. The Labute approximate surface area is 203 Å². The van der Waals surface area contributed by atoms with Gasteiger partial charge in [-0.3, -0.25) is 14.5 Å². The van der Waals surface area contributed by atoms with Crippen LogP contribution in [0, 0.1) is 0 Å². The van der Waals surface area contributed by atoms with Crippen molar-refractivity contribution in [1.82, 2.24) is 18.8 Å². The Balaban J connectivity index is 1.80. The normalized spacial score (nSPS) is 30.0. The summed E-state index contributed by atoms with van der Waals surface area (Å²) in [6.45, 7) is -0.156. The molecule has 1 aliphatic carbocycles. The van der Waals surface area contributed by atoms with Crippen LogP contribution in [0.2, 0.25) is 0 Å². The van der Waals surface area contributed by atoms with Crippen LogP contribution in [0.1, 0.15) is 23.9 Å². The number of aliphatic hydroxyl groups excluding tert-OH is 1. The van der Waals surface area contributed by atoms with E-state index in [1.807, 2.05) is 0 Å². The van der Waals surface area contributed by atoms with Crippen LogP contribution in [0.4, 0.5) is 0 Å². The molecule has 0 bridgehead atoms. The number of rotatable bonds is 4. The molecule has 12 heteroatoms. The number of benzene rings is 1. The molecule has 180 valence electrons. The lowest BCUT2D eigenvalue weighted by Gasteiger charge is -2.49. The number of para-hydroxylation sites is 1. The minimum Gasteiger partial charge on any atom is -0.491 e. The van der Waals surface area contributed by atoms with Gasteiger partial charge in [0.25, 0.3) is 11.8 Å². The van der Waals surface area contributed by atoms with Crippen molar-refractivity contribution in [1.29, 1.82) is 0 Å². The molecule has 1 aromatic carbocycles. The molecule has 2 fully saturated rings. The summed E-state index contributed by atoms with van der Waals surface area (Å²) in [5.41, 5.74) is 0.0241. The molecule has 1 saturated heterocycles. The minimum atomic E-state index is -1.90. The zero-order chi connectivity index (χ0) is 24.6. The molecule has 34 heavy (non-hydrogen) atoms. The number of likely N-dealkylation sites (tertiary alicyclic amines) is 1. The lowest BCUT2D eigenvalue weighted by Crippen LogP contribution is -2.59. The molecular formula is C22H22Cl2N4O6. The number of hydrogen-bond acceptors (Lipinski definition) is 6. The van der Waals surface area contributed by atoms with Gasteiger partial charge in [-0.1, -0.05) is 24.3 Å². The summed E-state index contributed by atoms with van der Waals surface area (Å²) in [6, 6.07) is 6.06. The molecule has 0 spiro atoms. The summed E-state index contributed by atoms with van der Waals surface area (Å²) in [5, 5.41) is 9.28. The molecule has 2 amide bonds. The van der Waals surface area contributed by atoms with E-state index in [-0.39, 0.29) is 26.2 Å². The van der Waals surface area contributed by atoms with Gasteiger partial charge in [-0.05, 0) is 11.6 Å². The summed E-state index contributed by atoms with van der Waals surface area (Å²) >= 11 is 14.1. The molecule has 1 N–H and O–H groups in total. The van der Waals surface area contributed by atoms with Crippen LogP contribution in [0.15, 0.2) is 45.5 Å². The number of fused-ring (bicyclic) bond motifs is 4. The fraction of sp³-hybridized carbons (Fsp3) is 0.455. The van der Waals surface area contributed by atoms with E-state index in [0.717, 1.165) is 9.47 Å². The maximum absolute atomic E-state index is 13.5. The van der Waals surface area contributed by atoms with E-state index in [9.17, 15) is 24.3 Å². The highest BCUT2D eigenvalue weighted by Crippen LogP contribution is 2.63. The van der Waals surface area contributed by atoms with Gasteiger partial charge in [-0.2, -0.15) is 0 Å². The lowest BCUT2D eigenvalue weighted by atomic mass is 9.64. The van der Waals surface area contributed by atoms with E-state index >= 15 is 0 Å². The molecule has 1 saturated carbocycles. The zero-order valence-corrected chi connectivity index (χ0v) is 19.9. The zero-order valence-electron chi connectivity index (χ0n) is 18.4. The van der Waals surface area contributed by atoms with E-state index in [2.05, 4.69) is 0 Å². The summed E-state index contributed by atoms with van der Waals surface area (Å²) in [7, 11) is 2.70. The summed E-state index contributed by atoms with van der Waals surface area (Å²) in [4.78, 5) is 49.5. The van der Waals surface area contributed by atoms with Gasteiger partial charge in [0.15, 0.2) is 9.75 Å². The Morgan fingerprint density at radius 1 is 1.09 bits per heavy atom. The van der Waals surface area contributed by atoms with E-state index in [1.165, 1.54) is 23.5 Å². The standard InChI is InChI=1S/C22H22Cl2N4O6/c1-25-17(30)21(23)11-14-12(7-8-27-19(32)26(2)20(33)28(14)27)16(22(21,24)18(25)31)13-5-3-4-6-15(13)34-10-9-29/h3-7,14,16,29H,8-11H2,1-2H3/t14-,16-,21-,22+/m1/s1. The maximum Gasteiger partial charge on any atom is 0.347 e. The van der Waals surface area contributed by atoms with Crippen LogP contribution in [0.3, 0.4) is 0 Å². The maximum atomic E-state index is 13.5. The van der Waals surface area contributed by atoms with Crippen LogP contribution >= 0.6 is 23.2 Å². The number of carbonyl (C=O) groups excluding carboxylic acids is 2. The Hall–Kier alpha value is -2.82. The number of allylic oxidation sites excluding steroid dienone is 2. The predicted octanol–water partition coefficient (Wildman–Crippen LogP) is 0.342. The number of aromatic nitrogens is 3. The van der Waals surface area contributed by atoms with Gasteiger partial charge in [-0.25, -0.2) is 23.5 Å². The van der Waals surface area contributed by atoms with Crippen LogP contribution in [-0.2, 0) is 23.2 Å². The van der Waals surface area contributed by atoms with Gasteiger partial charge < -0.3 is 9.84 Å².